The fraction of sp³-hybridized carbons (Fsp3) is 0.579. The third-order valence-electron chi connectivity index (χ3n) is 5.78. The van der Waals surface area contributed by atoms with Crippen LogP contribution in [0.1, 0.15) is 74.6 Å². The lowest BCUT2D eigenvalue weighted by Crippen LogP contribution is -2.28. The molecule has 5 heteroatoms. The first-order chi connectivity index (χ1) is 11.7. The summed E-state index contributed by atoms with van der Waals surface area (Å²) in [4.78, 5) is 4.74. The van der Waals surface area contributed by atoms with E-state index in [1.165, 1.54) is 6.07 Å². The van der Waals surface area contributed by atoms with Crippen LogP contribution in [0.4, 0.5) is 4.39 Å². The highest BCUT2D eigenvalue weighted by Crippen LogP contribution is 2.46. The largest absolute Gasteiger partial charge is 0.339 e. The van der Waals surface area contributed by atoms with E-state index in [4.69, 9.17) is 15.2 Å². The van der Waals surface area contributed by atoms with E-state index in [1.807, 2.05) is 12.1 Å². The van der Waals surface area contributed by atoms with Crippen molar-refractivity contribution in [2.24, 2.45) is 5.73 Å². The molecule has 2 aromatic rings. The molecule has 0 spiro atoms. The van der Waals surface area contributed by atoms with Gasteiger partial charge in [-0.1, -0.05) is 42.6 Å². The number of benzene rings is 1. The highest BCUT2D eigenvalue weighted by atomic mass is 19.1. The molecular weight excluding hydrogens is 305 g/mol. The number of aromatic nitrogens is 2. The molecule has 2 aliphatic carbocycles. The first kappa shape index (κ1) is 15.8. The lowest BCUT2D eigenvalue weighted by molar-refractivity contribution is 0.294. The fourth-order valence-electron chi connectivity index (χ4n) is 4.49. The zero-order chi connectivity index (χ0) is 16.6. The smallest absolute Gasteiger partial charge is 0.229 e. The predicted octanol–water partition coefficient (Wildman–Crippen LogP) is 4.05. The summed E-state index contributed by atoms with van der Waals surface area (Å²) in [5, 5.41) is 4.29. The van der Waals surface area contributed by atoms with Crippen LogP contribution in [0.15, 0.2) is 28.8 Å². The van der Waals surface area contributed by atoms with Crippen LogP contribution in [0.25, 0.3) is 0 Å². The summed E-state index contributed by atoms with van der Waals surface area (Å²) in [6.07, 6.45) is 7.97. The minimum absolute atomic E-state index is 0.176. The predicted molar refractivity (Wildman–Crippen MR) is 89.1 cm³/mol. The molecule has 0 aliphatic heterocycles. The van der Waals surface area contributed by atoms with Crippen molar-refractivity contribution in [3.8, 4) is 0 Å². The number of halogens is 1. The highest BCUT2D eigenvalue weighted by Gasteiger charge is 2.43. The van der Waals surface area contributed by atoms with E-state index in [-0.39, 0.29) is 17.8 Å². The molecule has 0 unspecified atom stereocenters. The molecule has 2 aliphatic rings. The summed E-state index contributed by atoms with van der Waals surface area (Å²) in [6.45, 7) is 0. The Balaban J connectivity index is 1.69. The van der Waals surface area contributed by atoms with Gasteiger partial charge in [-0.15, -0.1) is 0 Å². The van der Waals surface area contributed by atoms with Gasteiger partial charge < -0.3 is 10.3 Å². The van der Waals surface area contributed by atoms with Crippen molar-refractivity contribution in [1.82, 2.24) is 10.1 Å². The molecular formula is C19H24FN3O. The molecule has 0 bridgehead atoms. The average Bonchev–Trinajstić information content (AvgIpc) is 3.25. The first-order valence-corrected chi connectivity index (χ1v) is 9.04. The normalized spacial score (nSPS) is 26.6. The Morgan fingerprint density at radius 2 is 1.92 bits per heavy atom. The Bertz CT molecular complexity index is 708. The standard InChI is InChI=1S/C19H24FN3O/c20-16-9-2-1-8-15(16)19(10-3-4-11-19)18-22-17(24-23-18)13-6-5-7-14(21)12-13/h1-2,8-9,13-14H,3-7,10-12,21H2/t13-,14+/m0/s1. The Hall–Kier alpha value is -1.75. The molecule has 1 heterocycles. The topological polar surface area (TPSA) is 64.9 Å². The van der Waals surface area contributed by atoms with E-state index < -0.39 is 5.41 Å². The van der Waals surface area contributed by atoms with Gasteiger partial charge in [-0.25, -0.2) is 4.39 Å². The summed E-state index contributed by atoms with van der Waals surface area (Å²) in [5.74, 6) is 1.40. The number of nitrogens with two attached hydrogens (primary N) is 1. The van der Waals surface area contributed by atoms with Gasteiger partial charge in [0.15, 0.2) is 5.82 Å². The van der Waals surface area contributed by atoms with Crippen molar-refractivity contribution in [1.29, 1.82) is 0 Å². The van der Waals surface area contributed by atoms with E-state index in [0.717, 1.165) is 51.4 Å². The molecule has 128 valence electrons. The van der Waals surface area contributed by atoms with Gasteiger partial charge in [0.05, 0.1) is 5.41 Å². The molecule has 1 aromatic carbocycles. The second-order valence-corrected chi connectivity index (χ2v) is 7.35. The third-order valence-corrected chi connectivity index (χ3v) is 5.78. The van der Waals surface area contributed by atoms with Crippen LogP contribution < -0.4 is 5.73 Å². The third kappa shape index (κ3) is 2.65. The molecule has 2 atom stereocenters. The van der Waals surface area contributed by atoms with Gasteiger partial charge in [0.2, 0.25) is 5.89 Å². The van der Waals surface area contributed by atoms with Gasteiger partial charge in [-0.05, 0) is 38.2 Å². The maximum absolute atomic E-state index is 14.5. The Labute approximate surface area is 141 Å². The lowest BCUT2D eigenvalue weighted by atomic mass is 9.77. The van der Waals surface area contributed by atoms with E-state index in [1.54, 1.807) is 6.07 Å². The zero-order valence-electron chi connectivity index (χ0n) is 13.9. The highest BCUT2D eigenvalue weighted by molar-refractivity contribution is 5.35. The van der Waals surface area contributed by atoms with Crippen LogP contribution in [-0.4, -0.2) is 16.2 Å². The van der Waals surface area contributed by atoms with Crippen LogP contribution in [-0.2, 0) is 5.41 Å². The Morgan fingerprint density at radius 3 is 2.67 bits per heavy atom. The average molecular weight is 329 g/mol. The van der Waals surface area contributed by atoms with E-state index >= 15 is 0 Å². The van der Waals surface area contributed by atoms with Gasteiger partial charge in [0, 0.05) is 17.5 Å². The van der Waals surface area contributed by atoms with Crippen molar-refractivity contribution >= 4 is 0 Å². The van der Waals surface area contributed by atoms with Gasteiger partial charge in [-0.2, -0.15) is 4.98 Å². The summed E-state index contributed by atoms with van der Waals surface area (Å²) >= 11 is 0. The van der Waals surface area contributed by atoms with Crippen LogP contribution >= 0.6 is 0 Å². The summed E-state index contributed by atoms with van der Waals surface area (Å²) in [6, 6.07) is 7.22. The van der Waals surface area contributed by atoms with Gasteiger partial charge in [0.25, 0.3) is 0 Å². The lowest BCUT2D eigenvalue weighted by Gasteiger charge is -2.26. The van der Waals surface area contributed by atoms with Crippen molar-refractivity contribution in [3.05, 3.63) is 47.4 Å². The molecule has 24 heavy (non-hydrogen) atoms. The molecule has 2 saturated carbocycles. The molecule has 4 rings (SSSR count). The van der Waals surface area contributed by atoms with Gasteiger partial charge in [-0.3, -0.25) is 0 Å². The van der Waals surface area contributed by atoms with Crippen LogP contribution in [0.5, 0.6) is 0 Å². The van der Waals surface area contributed by atoms with Crippen LogP contribution in [0.2, 0.25) is 0 Å². The molecule has 2 N–H and O–H groups in total. The number of hydrogen-bond donors (Lipinski definition) is 1. The maximum atomic E-state index is 14.5. The van der Waals surface area contributed by atoms with Crippen molar-refractivity contribution in [2.45, 2.75) is 68.7 Å². The van der Waals surface area contributed by atoms with Gasteiger partial charge >= 0.3 is 0 Å². The van der Waals surface area contributed by atoms with Crippen LogP contribution in [0.3, 0.4) is 0 Å². The molecule has 2 fully saturated rings. The summed E-state index contributed by atoms with van der Waals surface area (Å²) in [7, 11) is 0. The zero-order valence-corrected chi connectivity index (χ0v) is 13.9. The van der Waals surface area contributed by atoms with Crippen molar-refractivity contribution < 1.29 is 8.91 Å². The monoisotopic (exact) mass is 329 g/mol. The molecule has 1 aromatic heterocycles. The molecule has 4 nitrogen and oxygen atoms in total. The quantitative estimate of drug-likeness (QED) is 0.922. The van der Waals surface area contributed by atoms with Crippen molar-refractivity contribution in [2.75, 3.05) is 0 Å². The molecule has 0 radical (unpaired) electrons. The van der Waals surface area contributed by atoms with Crippen molar-refractivity contribution in [3.63, 3.8) is 0 Å². The molecule has 0 saturated heterocycles. The first-order valence-electron chi connectivity index (χ1n) is 9.04. The summed E-state index contributed by atoms with van der Waals surface area (Å²) < 4.78 is 20.1. The molecule has 0 amide bonds. The minimum Gasteiger partial charge on any atom is -0.339 e. The maximum Gasteiger partial charge on any atom is 0.229 e. The number of nitrogens with zero attached hydrogens (tertiary/aromatic N) is 2. The van der Waals surface area contributed by atoms with Crippen LogP contribution in [0, 0.1) is 5.82 Å². The number of rotatable bonds is 3. The van der Waals surface area contributed by atoms with E-state index in [2.05, 4.69) is 5.16 Å². The van der Waals surface area contributed by atoms with E-state index in [9.17, 15) is 4.39 Å². The second-order valence-electron chi connectivity index (χ2n) is 7.35. The second kappa shape index (κ2) is 6.28. The minimum atomic E-state index is -0.441. The Kier molecular flexibility index (Phi) is 4.12. The summed E-state index contributed by atoms with van der Waals surface area (Å²) in [5.41, 5.74) is 6.35. The van der Waals surface area contributed by atoms with Gasteiger partial charge in [0.1, 0.15) is 5.82 Å². The number of hydrogen-bond acceptors (Lipinski definition) is 4. The Morgan fingerprint density at radius 1 is 1.12 bits per heavy atom. The fourth-order valence-corrected chi connectivity index (χ4v) is 4.49. The van der Waals surface area contributed by atoms with E-state index in [0.29, 0.717) is 17.3 Å². The SMILES string of the molecule is N[C@@H]1CCC[C@H](c2nc(C3(c4ccccc4F)CCCC3)no2)C1.